The lowest BCUT2D eigenvalue weighted by molar-refractivity contribution is 0.282. The van der Waals surface area contributed by atoms with Gasteiger partial charge in [-0.3, -0.25) is 0 Å². The molecule has 5 heteroatoms. The molecule has 1 aromatic heterocycles. The van der Waals surface area contributed by atoms with Gasteiger partial charge in [-0.25, -0.2) is 9.97 Å². The summed E-state index contributed by atoms with van der Waals surface area (Å²) in [6, 6.07) is 2.25. The predicted molar refractivity (Wildman–Crippen MR) is 63.2 cm³/mol. The van der Waals surface area contributed by atoms with Crippen LogP contribution in [0.2, 0.25) is 0 Å². The molecule has 84 valence electrons. The Labute approximate surface area is 94.5 Å². The van der Waals surface area contributed by atoms with Gasteiger partial charge in [0.15, 0.2) is 0 Å². The number of nitrogens with zero attached hydrogens (tertiary/aromatic N) is 2. The van der Waals surface area contributed by atoms with Gasteiger partial charge in [0.1, 0.15) is 17.2 Å². The Morgan fingerprint density at radius 3 is 3.00 bits per heavy atom. The van der Waals surface area contributed by atoms with Crippen molar-refractivity contribution < 1.29 is 5.11 Å². The standard InChI is InChI=1S/C10H17N3OS/c1-8(4-3-5-14)13-9-6-10(15-2)12-7-11-9/h6-8,14H,3-5H2,1-2H3,(H,11,12,13). The summed E-state index contributed by atoms with van der Waals surface area (Å²) in [6.07, 6.45) is 5.30. The fourth-order valence-corrected chi connectivity index (χ4v) is 1.63. The van der Waals surface area contributed by atoms with Gasteiger partial charge in [0.05, 0.1) is 0 Å². The Morgan fingerprint density at radius 1 is 1.53 bits per heavy atom. The van der Waals surface area contributed by atoms with Crippen molar-refractivity contribution in [1.82, 2.24) is 9.97 Å². The predicted octanol–water partition coefficient (Wildman–Crippen LogP) is 1.77. The zero-order chi connectivity index (χ0) is 11.1. The van der Waals surface area contributed by atoms with Gasteiger partial charge >= 0.3 is 0 Å². The van der Waals surface area contributed by atoms with Crippen LogP contribution in [-0.4, -0.2) is 34.0 Å². The van der Waals surface area contributed by atoms with E-state index >= 15 is 0 Å². The molecule has 1 atom stereocenters. The van der Waals surface area contributed by atoms with E-state index in [1.165, 1.54) is 0 Å². The molecule has 1 rings (SSSR count). The van der Waals surface area contributed by atoms with Gasteiger partial charge in [0, 0.05) is 18.7 Å². The number of hydrogen-bond acceptors (Lipinski definition) is 5. The molecule has 0 radical (unpaired) electrons. The average Bonchev–Trinajstić information content (AvgIpc) is 2.26. The van der Waals surface area contributed by atoms with Crippen LogP contribution in [0.3, 0.4) is 0 Å². The van der Waals surface area contributed by atoms with Crippen LogP contribution in [0.1, 0.15) is 19.8 Å². The fourth-order valence-electron chi connectivity index (χ4n) is 1.25. The van der Waals surface area contributed by atoms with Crippen molar-refractivity contribution in [3.63, 3.8) is 0 Å². The van der Waals surface area contributed by atoms with Gasteiger partial charge in [-0.2, -0.15) is 0 Å². The van der Waals surface area contributed by atoms with Crippen molar-refractivity contribution >= 4 is 17.6 Å². The lowest BCUT2D eigenvalue weighted by Gasteiger charge is -2.13. The first kappa shape index (κ1) is 12.3. The maximum atomic E-state index is 8.71. The number of thioether (sulfide) groups is 1. The first-order valence-corrected chi connectivity index (χ1v) is 6.22. The van der Waals surface area contributed by atoms with E-state index in [9.17, 15) is 0 Å². The molecule has 1 aromatic rings. The third-order valence-corrected chi connectivity index (χ3v) is 2.68. The first-order chi connectivity index (χ1) is 7.26. The van der Waals surface area contributed by atoms with E-state index < -0.39 is 0 Å². The smallest absolute Gasteiger partial charge is 0.130 e. The van der Waals surface area contributed by atoms with E-state index in [-0.39, 0.29) is 6.61 Å². The highest BCUT2D eigenvalue weighted by molar-refractivity contribution is 7.98. The summed E-state index contributed by atoms with van der Waals surface area (Å²) in [5, 5.41) is 12.9. The number of hydrogen-bond donors (Lipinski definition) is 2. The molecule has 1 unspecified atom stereocenters. The lowest BCUT2D eigenvalue weighted by atomic mass is 10.2. The summed E-state index contributed by atoms with van der Waals surface area (Å²) >= 11 is 1.60. The van der Waals surface area contributed by atoms with Crippen molar-refractivity contribution in [2.75, 3.05) is 18.2 Å². The third-order valence-electron chi connectivity index (χ3n) is 2.04. The molecule has 0 aromatic carbocycles. The van der Waals surface area contributed by atoms with Crippen LogP contribution in [0.25, 0.3) is 0 Å². The molecule has 4 nitrogen and oxygen atoms in total. The van der Waals surface area contributed by atoms with E-state index in [2.05, 4.69) is 22.2 Å². The van der Waals surface area contributed by atoms with E-state index in [0.717, 1.165) is 23.7 Å². The first-order valence-electron chi connectivity index (χ1n) is 4.99. The summed E-state index contributed by atoms with van der Waals surface area (Å²) in [6.45, 7) is 2.32. The van der Waals surface area contributed by atoms with Crippen LogP contribution in [-0.2, 0) is 0 Å². The summed E-state index contributed by atoms with van der Waals surface area (Å²) in [5.41, 5.74) is 0. The maximum Gasteiger partial charge on any atom is 0.130 e. The van der Waals surface area contributed by atoms with Gasteiger partial charge in [-0.05, 0) is 26.0 Å². The number of aliphatic hydroxyl groups excluding tert-OH is 1. The average molecular weight is 227 g/mol. The van der Waals surface area contributed by atoms with Crippen molar-refractivity contribution in [1.29, 1.82) is 0 Å². The monoisotopic (exact) mass is 227 g/mol. The van der Waals surface area contributed by atoms with E-state index in [1.54, 1.807) is 18.1 Å². The second-order valence-corrected chi connectivity index (χ2v) is 4.18. The van der Waals surface area contributed by atoms with Gasteiger partial charge in [-0.1, -0.05) is 0 Å². The number of rotatable bonds is 6. The molecule has 0 aliphatic carbocycles. The highest BCUT2D eigenvalue weighted by atomic mass is 32.2. The molecular formula is C10H17N3OS. The third kappa shape index (κ3) is 4.48. The van der Waals surface area contributed by atoms with Crippen LogP contribution in [0.15, 0.2) is 17.4 Å². The summed E-state index contributed by atoms with van der Waals surface area (Å²) in [7, 11) is 0. The molecule has 0 fully saturated rings. The Kier molecular flexibility index (Phi) is 5.42. The van der Waals surface area contributed by atoms with Crippen LogP contribution in [0.5, 0.6) is 0 Å². The van der Waals surface area contributed by atoms with E-state index in [4.69, 9.17) is 5.11 Å². The Hall–Kier alpha value is -0.810. The Bertz CT molecular complexity index is 296. The normalized spacial score (nSPS) is 12.5. The minimum atomic E-state index is 0.242. The van der Waals surface area contributed by atoms with Gasteiger partial charge < -0.3 is 10.4 Å². The molecule has 0 spiro atoms. The minimum Gasteiger partial charge on any atom is -0.396 e. The molecule has 0 aliphatic heterocycles. The minimum absolute atomic E-state index is 0.242. The number of aromatic nitrogens is 2. The summed E-state index contributed by atoms with van der Waals surface area (Å²) in [4.78, 5) is 8.24. The quantitative estimate of drug-likeness (QED) is 0.573. The van der Waals surface area contributed by atoms with Crippen molar-refractivity contribution in [3.05, 3.63) is 12.4 Å². The fraction of sp³-hybridized carbons (Fsp3) is 0.600. The number of anilines is 1. The molecule has 0 amide bonds. The van der Waals surface area contributed by atoms with Gasteiger partial charge in [-0.15, -0.1) is 11.8 Å². The van der Waals surface area contributed by atoms with Crippen molar-refractivity contribution in [2.24, 2.45) is 0 Å². The zero-order valence-electron chi connectivity index (χ0n) is 9.10. The number of nitrogens with one attached hydrogen (secondary N) is 1. The molecule has 0 aliphatic rings. The van der Waals surface area contributed by atoms with Crippen molar-refractivity contribution in [2.45, 2.75) is 30.8 Å². The van der Waals surface area contributed by atoms with E-state index in [0.29, 0.717) is 6.04 Å². The Balaban J connectivity index is 2.48. The Morgan fingerprint density at radius 2 is 2.33 bits per heavy atom. The molecule has 1 heterocycles. The van der Waals surface area contributed by atoms with Crippen LogP contribution >= 0.6 is 11.8 Å². The number of aliphatic hydroxyl groups is 1. The largest absolute Gasteiger partial charge is 0.396 e. The van der Waals surface area contributed by atoms with Crippen LogP contribution in [0, 0.1) is 0 Å². The molecular weight excluding hydrogens is 210 g/mol. The van der Waals surface area contributed by atoms with Crippen molar-refractivity contribution in [3.8, 4) is 0 Å². The second-order valence-electron chi connectivity index (χ2n) is 3.36. The highest BCUT2D eigenvalue weighted by Crippen LogP contribution is 2.14. The van der Waals surface area contributed by atoms with E-state index in [1.807, 2.05) is 12.3 Å². The van der Waals surface area contributed by atoms with Crippen LogP contribution in [0.4, 0.5) is 5.82 Å². The SMILES string of the molecule is CSc1cc(NC(C)CCCO)ncn1. The maximum absolute atomic E-state index is 8.71. The van der Waals surface area contributed by atoms with Gasteiger partial charge in [0.25, 0.3) is 0 Å². The topological polar surface area (TPSA) is 58.0 Å². The molecule has 2 N–H and O–H groups in total. The second kappa shape index (κ2) is 6.63. The molecule has 0 saturated heterocycles. The zero-order valence-corrected chi connectivity index (χ0v) is 9.92. The van der Waals surface area contributed by atoms with Gasteiger partial charge in [0.2, 0.25) is 0 Å². The molecule has 0 bridgehead atoms. The summed E-state index contributed by atoms with van der Waals surface area (Å²) < 4.78 is 0. The molecule has 0 saturated carbocycles. The summed E-state index contributed by atoms with van der Waals surface area (Å²) in [5.74, 6) is 0.847. The highest BCUT2D eigenvalue weighted by Gasteiger charge is 2.03. The lowest BCUT2D eigenvalue weighted by Crippen LogP contribution is -2.16. The van der Waals surface area contributed by atoms with Crippen LogP contribution < -0.4 is 5.32 Å². The molecule has 15 heavy (non-hydrogen) atoms.